The Morgan fingerprint density at radius 1 is 1.53 bits per heavy atom. The molecule has 0 spiro atoms. The molecule has 0 saturated heterocycles. The van der Waals surface area contributed by atoms with Crippen molar-refractivity contribution in [2.75, 3.05) is 16.9 Å². The Bertz CT molecular complexity index is 389. The van der Waals surface area contributed by atoms with Crippen molar-refractivity contribution in [3.63, 3.8) is 0 Å². The van der Waals surface area contributed by atoms with E-state index in [4.69, 9.17) is 16.9 Å². The van der Waals surface area contributed by atoms with E-state index in [-0.39, 0.29) is 11.8 Å². The number of hydrogen-bond donors (Lipinski definition) is 1. The third-order valence-electron chi connectivity index (χ3n) is 1.57. The summed E-state index contributed by atoms with van der Waals surface area (Å²) in [6, 6.07) is 9.35. The number of alkyl halides is 1. The van der Waals surface area contributed by atoms with Gasteiger partial charge in [-0.3, -0.25) is 4.79 Å². The molecular weight excluding hydrogens is 232 g/mol. The van der Waals surface area contributed by atoms with E-state index in [0.29, 0.717) is 11.4 Å². The molecule has 0 unspecified atom stereocenters. The molecule has 1 N–H and O–H groups in total. The number of benzene rings is 1. The van der Waals surface area contributed by atoms with Gasteiger partial charge in [0.1, 0.15) is 5.88 Å². The summed E-state index contributed by atoms with van der Waals surface area (Å²) in [5, 5.41) is 11.1. The molecule has 0 fully saturated rings. The van der Waals surface area contributed by atoms with Gasteiger partial charge in [-0.05, 0) is 12.1 Å². The lowest BCUT2D eigenvalue weighted by Crippen LogP contribution is -2.13. The zero-order chi connectivity index (χ0) is 11.1. The number of hydrogen-bond acceptors (Lipinski definition) is 3. The van der Waals surface area contributed by atoms with Crippen LogP contribution < -0.4 is 5.32 Å². The monoisotopic (exact) mass is 240 g/mol. The van der Waals surface area contributed by atoms with Gasteiger partial charge >= 0.3 is 0 Å². The molecule has 0 saturated carbocycles. The molecular formula is C10H9ClN2OS. The highest BCUT2D eigenvalue weighted by atomic mass is 35.5. The molecule has 1 rings (SSSR count). The number of nitrogens with zero attached hydrogens (tertiary/aromatic N) is 1. The molecule has 0 aliphatic carbocycles. The predicted molar refractivity (Wildman–Crippen MR) is 62.1 cm³/mol. The predicted octanol–water partition coefficient (Wildman–Crippen LogP) is 2.48. The Kier molecular flexibility index (Phi) is 5.02. The first-order valence-electron chi connectivity index (χ1n) is 4.22. The topological polar surface area (TPSA) is 52.9 Å². The second-order valence-electron chi connectivity index (χ2n) is 2.62. The van der Waals surface area contributed by atoms with Gasteiger partial charge in [-0.2, -0.15) is 5.26 Å². The fourth-order valence-electron chi connectivity index (χ4n) is 0.989. The molecule has 1 aromatic carbocycles. The zero-order valence-corrected chi connectivity index (χ0v) is 9.44. The van der Waals surface area contributed by atoms with Crippen molar-refractivity contribution in [1.29, 1.82) is 5.26 Å². The first kappa shape index (κ1) is 11.9. The average Bonchev–Trinajstić information content (AvgIpc) is 2.28. The molecule has 0 bridgehead atoms. The van der Waals surface area contributed by atoms with Gasteiger partial charge in [0.2, 0.25) is 5.91 Å². The molecule has 3 nitrogen and oxygen atoms in total. The Morgan fingerprint density at radius 3 is 2.93 bits per heavy atom. The SMILES string of the molecule is N#CCSc1ccccc1NC(=O)CCl. The van der Waals surface area contributed by atoms with Gasteiger partial charge in [0.05, 0.1) is 17.5 Å². The average molecular weight is 241 g/mol. The highest BCUT2D eigenvalue weighted by Gasteiger charge is 2.05. The fourth-order valence-corrected chi connectivity index (χ4v) is 1.73. The largest absolute Gasteiger partial charge is 0.324 e. The standard InChI is InChI=1S/C10H9ClN2OS/c11-7-10(14)13-8-3-1-2-4-9(8)15-6-5-12/h1-4H,6-7H2,(H,13,14). The summed E-state index contributed by atoms with van der Waals surface area (Å²) < 4.78 is 0. The first-order chi connectivity index (χ1) is 7.27. The summed E-state index contributed by atoms with van der Waals surface area (Å²) >= 11 is 6.77. The maximum atomic E-state index is 11.1. The van der Waals surface area contributed by atoms with Crippen LogP contribution in [0.3, 0.4) is 0 Å². The van der Waals surface area contributed by atoms with E-state index in [1.165, 1.54) is 11.8 Å². The van der Waals surface area contributed by atoms with Crippen LogP contribution in [0, 0.1) is 11.3 Å². The van der Waals surface area contributed by atoms with Gasteiger partial charge in [0.25, 0.3) is 0 Å². The number of carbonyl (C=O) groups excluding carboxylic acids is 1. The van der Waals surface area contributed by atoms with Crippen LogP contribution in [0.15, 0.2) is 29.2 Å². The number of para-hydroxylation sites is 1. The fraction of sp³-hybridized carbons (Fsp3) is 0.200. The third kappa shape index (κ3) is 3.82. The summed E-state index contributed by atoms with van der Waals surface area (Å²) in [6.07, 6.45) is 0. The number of nitriles is 1. The molecule has 0 aliphatic heterocycles. The van der Waals surface area contributed by atoms with E-state index in [2.05, 4.69) is 5.32 Å². The minimum absolute atomic E-state index is 0.0722. The molecule has 5 heteroatoms. The van der Waals surface area contributed by atoms with Gasteiger partial charge in [-0.1, -0.05) is 12.1 Å². The Morgan fingerprint density at radius 2 is 2.27 bits per heavy atom. The number of thioether (sulfide) groups is 1. The zero-order valence-electron chi connectivity index (χ0n) is 7.87. The highest BCUT2D eigenvalue weighted by molar-refractivity contribution is 7.99. The minimum Gasteiger partial charge on any atom is -0.324 e. The maximum Gasteiger partial charge on any atom is 0.239 e. The number of carbonyl (C=O) groups is 1. The van der Waals surface area contributed by atoms with Crippen molar-refractivity contribution in [2.45, 2.75) is 4.90 Å². The highest BCUT2D eigenvalue weighted by Crippen LogP contribution is 2.26. The Labute approximate surface area is 97.4 Å². The van der Waals surface area contributed by atoms with Crippen LogP contribution in [0.1, 0.15) is 0 Å². The van der Waals surface area contributed by atoms with Gasteiger partial charge in [-0.25, -0.2) is 0 Å². The summed E-state index contributed by atoms with van der Waals surface area (Å²) in [5.41, 5.74) is 0.698. The smallest absolute Gasteiger partial charge is 0.239 e. The van der Waals surface area contributed by atoms with Crippen LogP contribution in [-0.2, 0) is 4.79 Å². The van der Waals surface area contributed by atoms with Gasteiger partial charge in [0.15, 0.2) is 0 Å². The quantitative estimate of drug-likeness (QED) is 0.650. The van der Waals surface area contributed by atoms with Crippen molar-refractivity contribution in [3.8, 4) is 6.07 Å². The summed E-state index contributed by atoms with van der Waals surface area (Å²) in [6.45, 7) is 0. The molecule has 0 atom stereocenters. The van der Waals surface area contributed by atoms with Crippen molar-refractivity contribution in [1.82, 2.24) is 0 Å². The van der Waals surface area contributed by atoms with E-state index in [0.717, 1.165) is 4.90 Å². The van der Waals surface area contributed by atoms with Gasteiger partial charge in [-0.15, -0.1) is 23.4 Å². The maximum absolute atomic E-state index is 11.1. The third-order valence-corrected chi connectivity index (χ3v) is 2.76. The van der Waals surface area contributed by atoms with Crippen LogP contribution in [0.4, 0.5) is 5.69 Å². The molecule has 1 amide bonds. The molecule has 78 valence electrons. The molecule has 0 radical (unpaired) electrons. The van der Waals surface area contributed by atoms with Crippen molar-refractivity contribution >= 4 is 35.0 Å². The van der Waals surface area contributed by atoms with Crippen LogP contribution >= 0.6 is 23.4 Å². The number of rotatable bonds is 4. The van der Waals surface area contributed by atoms with E-state index in [1.54, 1.807) is 6.07 Å². The molecule has 15 heavy (non-hydrogen) atoms. The number of nitrogens with one attached hydrogen (secondary N) is 1. The van der Waals surface area contributed by atoms with E-state index in [1.807, 2.05) is 24.3 Å². The van der Waals surface area contributed by atoms with Gasteiger partial charge in [0, 0.05) is 4.90 Å². The Balaban J connectivity index is 2.77. The lowest BCUT2D eigenvalue weighted by atomic mass is 10.3. The minimum atomic E-state index is -0.248. The van der Waals surface area contributed by atoms with Crippen LogP contribution in [0.2, 0.25) is 0 Å². The van der Waals surface area contributed by atoms with Crippen LogP contribution in [0.5, 0.6) is 0 Å². The van der Waals surface area contributed by atoms with E-state index >= 15 is 0 Å². The molecule has 0 heterocycles. The van der Waals surface area contributed by atoms with Crippen LogP contribution in [0.25, 0.3) is 0 Å². The van der Waals surface area contributed by atoms with E-state index in [9.17, 15) is 4.79 Å². The molecule has 0 aromatic heterocycles. The first-order valence-corrected chi connectivity index (χ1v) is 5.74. The van der Waals surface area contributed by atoms with Crippen molar-refractivity contribution in [3.05, 3.63) is 24.3 Å². The Hall–Kier alpha value is -1.18. The molecule has 0 aliphatic rings. The van der Waals surface area contributed by atoms with Crippen molar-refractivity contribution < 1.29 is 4.79 Å². The summed E-state index contributed by atoms with van der Waals surface area (Å²) in [4.78, 5) is 12.0. The normalized spacial score (nSPS) is 9.33. The van der Waals surface area contributed by atoms with Crippen molar-refractivity contribution in [2.24, 2.45) is 0 Å². The summed E-state index contributed by atoms with van der Waals surface area (Å²) in [7, 11) is 0. The lowest BCUT2D eigenvalue weighted by molar-refractivity contribution is -0.113. The lowest BCUT2D eigenvalue weighted by Gasteiger charge is -2.07. The second-order valence-corrected chi connectivity index (χ2v) is 3.91. The summed E-state index contributed by atoms with van der Waals surface area (Å²) in [5.74, 6) is 0.0343. The number of anilines is 1. The number of amides is 1. The van der Waals surface area contributed by atoms with E-state index < -0.39 is 0 Å². The number of halogens is 1. The molecule has 1 aromatic rings. The second kappa shape index (κ2) is 6.33. The van der Waals surface area contributed by atoms with Crippen LogP contribution in [-0.4, -0.2) is 17.5 Å². The van der Waals surface area contributed by atoms with Gasteiger partial charge < -0.3 is 5.32 Å².